The summed E-state index contributed by atoms with van der Waals surface area (Å²) in [5, 5.41) is 9.80. The van der Waals surface area contributed by atoms with Gasteiger partial charge < -0.3 is 15.7 Å². The minimum Gasteiger partial charge on any atom is -0.478 e. The summed E-state index contributed by atoms with van der Waals surface area (Å²) in [4.78, 5) is 13.5. The molecule has 5 heteroatoms. The molecule has 1 heterocycles. The molecule has 20 heavy (non-hydrogen) atoms. The fourth-order valence-corrected chi connectivity index (χ4v) is 3.25. The molecule has 1 fully saturated rings. The largest absolute Gasteiger partial charge is 0.478 e. The summed E-state index contributed by atoms with van der Waals surface area (Å²) in [7, 11) is 0. The maximum Gasteiger partial charge on any atom is 0.337 e. The van der Waals surface area contributed by atoms with Crippen molar-refractivity contribution in [3.63, 3.8) is 0 Å². The second-order valence-electron chi connectivity index (χ2n) is 5.40. The summed E-state index contributed by atoms with van der Waals surface area (Å²) in [6, 6.07) is 3.12. The van der Waals surface area contributed by atoms with Crippen molar-refractivity contribution in [1.29, 1.82) is 0 Å². The zero-order valence-corrected chi connectivity index (χ0v) is 12.5. The Hall–Kier alpha value is -1.42. The number of aromatic carboxylic acids is 1. The van der Waals surface area contributed by atoms with Crippen LogP contribution in [0.2, 0.25) is 5.02 Å². The number of carboxylic acids is 1. The molecule has 1 unspecified atom stereocenters. The predicted octanol–water partition coefficient (Wildman–Crippen LogP) is 3.64. The molecule has 0 saturated carbocycles. The van der Waals surface area contributed by atoms with Gasteiger partial charge in [-0.15, -0.1) is 0 Å². The Balaban J connectivity index is 2.34. The molecule has 4 nitrogen and oxygen atoms in total. The van der Waals surface area contributed by atoms with Crippen molar-refractivity contribution in [2.45, 2.75) is 32.6 Å². The van der Waals surface area contributed by atoms with E-state index < -0.39 is 5.97 Å². The highest BCUT2D eigenvalue weighted by atomic mass is 35.5. The number of nitrogen functional groups attached to an aromatic ring is 1. The quantitative estimate of drug-likeness (QED) is 0.836. The van der Waals surface area contributed by atoms with Crippen molar-refractivity contribution >= 4 is 28.9 Å². The van der Waals surface area contributed by atoms with E-state index in [0.717, 1.165) is 31.8 Å². The van der Waals surface area contributed by atoms with Crippen molar-refractivity contribution in [3.05, 3.63) is 22.7 Å². The molecule has 1 aliphatic heterocycles. The Morgan fingerprint density at radius 1 is 1.45 bits per heavy atom. The third-order valence-electron chi connectivity index (χ3n) is 4.06. The van der Waals surface area contributed by atoms with Gasteiger partial charge in [0, 0.05) is 18.8 Å². The van der Waals surface area contributed by atoms with Gasteiger partial charge in [-0.25, -0.2) is 4.79 Å². The van der Waals surface area contributed by atoms with Gasteiger partial charge in [0.2, 0.25) is 0 Å². The van der Waals surface area contributed by atoms with Crippen molar-refractivity contribution in [3.8, 4) is 0 Å². The zero-order valence-electron chi connectivity index (χ0n) is 11.7. The van der Waals surface area contributed by atoms with E-state index in [4.69, 9.17) is 17.3 Å². The lowest BCUT2D eigenvalue weighted by Gasteiger charge is -2.26. The van der Waals surface area contributed by atoms with Crippen LogP contribution in [0.25, 0.3) is 0 Å². The van der Waals surface area contributed by atoms with E-state index in [-0.39, 0.29) is 5.56 Å². The highest BCUT2D eigenvalue weighted by Crippen LogP contribution is 2.35. The summed E-state index contributed by atoms with van der Waals surface area (Å²) in [5.74, 6) is -0.258. The zero-order chi connectivity index (χ0) is 14.7. The molecule has 0 radical (unpaired) electrons. The molecule has 1 aromatic rings. The molecule has 1 atom stereocenters. The molecule has 0 spiro atoms. The minimum absolute atomic E-state index is 0.199. The lowest BCUT2D eigenvalue weighted by atomic mass is 9.98. The molecule has 0 aromatic heterocycles. The van der Waals surface area contributed by atoms with E-state index in [1.807, 2.05) is 0 Å². The maximum atomic E-state index is 11.4. The molecule has 0 aliphatic carbocycles. The first-order valence-electron chi connectivity index (χ1n) is 7.10. The average Bonchev–Trinajstić information content (AvgIpc) is 2.63. The minimum atomic E-state index is -0.981. The van der Waals surface area contributed by atoms with E-state index in [2.05, 4.69) is 11.8 Å². The summed E-state index contributed by atoms with van der Waals surface area (Å²) >= 11 is 6.25. The van der Waals surface area contributed by atoms with E-state index in [1.165, 1.54) is 18.9 Å². The normalized spacial score (nSPS) is 19.7. The molecule has 1 aromatic carbocycles. The number of nitrogens with two attached hydrogens (primary N) is 1. The van der Waals surface area contributed by atoms with Crippen LogP contribution in [0.15, 0.2) is 12.1 Å². The smallest absolute Gasteiger partial charge is 0.337 e. The van der Waals surface area contributed by atoms with Crippen LogP contribution in [-0.4, -0.2) is 24.2 Å². The van der Waals surface area contributed by atoms with Gasteiger partial charge in [0.05, 0.1) is 16.3 Å². The molecule has 0 bridgehead atoms. The monoisotopic (exact) mass is 296 g/mol. The number of anilines is 2. The van der Waals surface area contributed by atoms with Gasteiger partial charge in [0.15, 0.2) is 0 Å². The van der Waals surface area contributed by atoms with Crippen LogP contribution in [0, 0.1) is 5.92 Å². The first-order chi connectivity index (χ1) is 9.52. The summed E-state index contributed by atoms with van der Waals surface area (Å²) < 4.78 is 0. The molecule has 2 rings (SSSR count). The molecule has 110 valence electrons. The van der Waals surface area contributed by atoms with Gasteiger partial charge >= 0.3 is 5.97 Å². The van der Waals surface area contributed by atoms with Gasteiger partial charge in [-0.3, -0.25) is 0 Å². The van der Waals surface area contributed by atoms with E-state index in [0.29, 0.717) is 16.4 Å². The van der Waals surface area contributed by atoms with Crippen LogP contribution in [-0.2, 0) is 0 Å². The second kappa shape index (κ2) is 6.35. The average molecular weight is 297 g/mol. The fraction of sp³-hybridized carbons (Fsp3) is 0.533. The molecule has 1 aliphatic rings. The highest BCUT2D eigenvalue weighted by molar-refractivity contribution is 6.34. The third kappa shape index (κ3) is 3.18. The first-order valence-corrected chi connectivity index (χ1v) is 7.48. The fourth-order valence-electron chi connectivity index (χ4n) is 2.90. The topological polar surface area (TPSA) is 66.6 Å². The number of halogens is 1. The lowest BCUT2D eigenvalue weighted by molar-refractivity contribution is 0.0697. The van der Waals surface area contributed by atoms with Crippen LogP contribution in [0.1, 0.15) is 43.0 Å². The van der Waals surface area contributed by atoms with Crippen LogP contribution in [0.3, 0.4) is 0 Å². The number of carbonyl (C=O) groups is 1. The van der Waals surface area contributed by atoms with E-state index in [9.17, 15) is 9.90 Å². The summed E-state index contributed by atoms with van der Waals surface area (Å²) in [5.41, 5.74) is 6.91. The maximum absolute atomic E-state index is 11.4. The molecular weight excluding hydrogens is 276 g/mol. The Labute approximate surface area is 124 Å². The van der Waals surface area contributed by atoms with Gasteiger partial charge in [-0.05, 0) is 37.3 Å². The lowest BCUT2D eigenvalue weighted by Crippen LogP contribution is -2.26. The number of hydrogen-bond donors (Lipinski definition) is 2. The number of nitrogens with zero attached hydrogens (tertiary/aromatic N) is 1. The predicted molar refractivity (Wildman–Crippen MR) is 82.7 cm³/mol. The Kier molecular flexibility index (Phi) is 4.76. The molecule has 1 saturated heterocycles. The SMILES string of the molecule is CCC1CCCN(c2c(Cl)cc(N)cc2C(=O)O)CC1. The highest BCUT2D eigenvalue weighted by Gasteiger charge is 2.23. The van der Waals surface area contributed by atoms with Gasteiger partial charge in [0.1, 0.15) is 0 Å². The number of rotatable bonds is 3. The second-order valence-corrected chi connectivity index (χ2v) is 5.80. The van der Waals surface area contributed by atoms with Crippen molar-refractivity contribution in [2.24, 2.45) is 5.92 Å². The van der Waals surface area contributed by atoms with Crippen molar-refractivity contribution < 1.29 is 9.90 Å². The Morgan fingerprint density at radius 2 is 2.20 bits per heavy atom. The van der Waals surface area contributed by atoms with Crippen LogP contribution in [0.4, 0.5) is 11.4 Å². The molecule has 3 N–H and O–H groups in total. The van der Waals surface area contributed by atoms with Gasteiger partial charge in [-0.1, -0.05) is 24.9 Å². The van der Waals surface area contributed by atoms with E-state index in [1.54, 1.807) is 6.07 Å². The summed E-state index contributed by atoms with van der Waals surface area (Å²) in [6.07, 6.45) is 4.52. The van der Waals surface area contributed by atoms with Crippen LogP contribution >= 0.6 is 11.6 Å². The number of hydrogen-bond acceptors (Lipinski definition) is 3. The van der Waals surface area contributed by atoms with Gasteiger partial charge in [-0.2, -0.15) is 0 Å². The number of carboxylic acid groups (broad SMARTS) is 1. The van der Waals surface area contributed by atoms with E-state index >= 15 is 0 Å². The Morgan fingerprint density at radius 3 is 2.85 bits per heavy atom. The summed E-state index contributed by atoms with van der Waals surface area (Å²) in [6.45, 7) is 3.90. The third-order valence-corrected chi connectivity index (χ3v) is 4.35. The standard InChI is InChI=1S/C15H21ClN2O2/c1-2-10-4-3-6-18(7-5-10)14-12(15(19)20)8-11(17)9-13(14)16/h8-10H,2-7,17H2,1H3,(H,19,20). The van der Waals surface area contributed by atoms with Crippen LogP contribution < -0.4 is 10.6 Å². The van der Waals surface area contributed by atoms with Gasteiger partial charge in [0.25, 0.3) is 0 Å². The number of benzene rings is 1. The van der Waals surface area contributed by atoms with Crippen molar-refractivity contribution in [1.82, 2.24) is 0 Å². The first kappa shape index (κ1) is 15.0. The Bertz CT molecular complexity index is 505. The van der Waals surface area contributed by atoms with Crippen molar-refractivity contribution in [2.75, 3.05) is 23.7 Å². The molecule has 0 amide bonds. The molecular formula is C15H21ClN2O2. The van der Waals surface area contributed by atoms with Crippen LogP contribution in [0.5, 0.6) is 0 Å².